The number of carbonyl (C=O) groups excluding carboxylic acids is 1. The van der Waals surface area contributed by atoms with E-state index >= 15 is 0 Å². The average Bonchev–Trinajstić information content (AvgIpc) is 3.94. The summed E-state index contributed by atoms with van der Waals surface area (Å²) in [4.78, 5) is 27.0. The van der Waals surface area contributed by atoms with Gasteiger partial charge in [0.25, 0.3) is 5.91 Å². The van der Waals surface area contributed by atoms with Crippen molar-refractivity contribution in [2.24, 2.45) is 0 Å². The van der Waals surface area contributed by atoms with Crippen molar-refractivity contribution in [1.82, 2.24) is 39.7 Å². The monoisotopic (exact) mass is 867 g/mol. The molecule has 8 rings (SSSR count). The van der Waals surface area contributed by atoms with Crippen molar-refractivity contribution in [1.29, 1.82) is 0 Å². The second kappa shape index (κ2) is 22.1. The van der Waals surface area contributed by atoms with E-state index in [9.17, 15) is 35.1 Å². The van der Waals surface area contributed by atoms with Crippen LogP contribution in [0.1, 0.15) is 171 Å². The number of aromatic carboxylic acids is 1. The highest BCUT2D eigenvalue weighted by Crippen LogP contribution is 2.46. The lowest BCUT2D eigenvalue weighted by molar-refractivity contribution is 0.0686. The maximum Gasteiger partial charge on any atom is 0.339 e. The highest BCUT2D eigenvalue weighted by atomic mass is 16.4. The average molecular weight is 867 g/mol. The zero-order chi connectivity index (χ0) is 45.0. The van der Waals surface area contributed by atoms with Crippen LogP contribution in [0.3, 0.4) is 0 Å². The molecule has 15 heteroatoms. The molecule has 15 nitrogen and oxygen atoms in total. The van der Waals surface area contributed by atoms with Crippen molar-refractivity contribution in [3.63, 3.8) is 0 Å². The number of carbonyl (C=O) groups is 2. The van der Waals surface area contributed by atoms with E-state index in [2.05, 4.69) is 57.1 Å². The fraction of sp³-hybridized carbons (Fsp3) is 0.542. The van der Waals surface area contributed by atoms with Crippen LogP contribution in [0.2, 0.25) is 0 Å². The molecule has 2 aliphatic carbocycles. The van der Waals surface area contributed by atoms with Crippen LogP contribution in [-0.2, 0) is 39.0 Å². The van der Waals surface area contributed by atoms with Gasteiger partial charge in [-0.25, -0.2) is 4.79 Å². The lowest BCUT2D eigenvalue weighted by Crippen LogP contribution is -2.38. The number of allylic oxidation sites excluding steroid dienone is 4. The van der Waals surface area contributed by atoms with Crippen LogP contribution >= 0.6 is 0 Å². The number of hydrogen-bond acceptors (Lipinski definition) is 11. The van der Waals surface area contributed by atoms with Crippen LogP contribution in [0.4, 0.5) is 0 Å². The number of phenols is 4. The third-order valence-electron chi connectivity index (χ3n) is 12.6. The lowest BCUT2D eigenvalue weighted by atomic mass is 9.83. The van der Waals surface area contributed by atoms with Crippen LogP contribution < -0.4 is 5.32 Å². The molecule has 4 heterocycles. The first-order chi connectivity index (χ1) is 30.4. The molecule has 0 saturated heterocycles. The number of nitrogens with one attached hydrogen (secondary N) is 1. The predicted octanol–water partition coefficient (Wildman–Crippen LogP) is 8.42. The molecule has 6 N–H and O–H groups in total. The number of carboxylic acids is 1. The van der Waals surface area contributed by atoms with Crippen molar-refractivity contribution in [2.75, 3.05) is 13.1 Å². The number of amides is 1. The van der Waals surface area contributed by atoms with E-state index in [1.165, 1.54) is 17.2 Å². The van der Waals surface area contributed by atoms with Crippen LogP contribution in [0.5, 0.6) is 23.0 Å². The molecule has 2 aromatic carbocycles. The van der Waals surface area contributed by atoms with E-state index in [4.69, 9.17) is 0 Å². The Morgan fingerprint density at radius 1 is 0.714 bits per heavy atom. The van der Waals surface area contributed by atoms with Crippen LogP contribution in [0.25, 0.3) is 0 Å². The van der Waals surface area contributed by atoms with Gasteiger partial charge in [-0.2, -0.15) is 0 Å². The van der Waals surface area contributed by atoms with Crippen molar-refractivity contribution in [2.45, 2.75) is 156 Å². The molecule has 0 fully saturated rings. The SMILES string of the molecule is CCCCCc1cc(O)c(C2C=C(C)CCC2)c(O)c1C(=O)N1CCn2cnnc2C1.CCCCCc1cc(O)c(C2C=C(C)CCC2)c(O)c1C(=O)O.c1nnc2n1CCNC2. The minimum atomic E-state index is -1.13. The van der Waals surface area contributed by atoms with Crippen LogP contribution in [-0.4, -0.2) is 84.9 Å². The van der Waals surface area contributed by atoms with Crippen LogP contribution in [0, 0.1) is 0 Å². The topological polar surface area (TPSA) is 212 Å². The highest BCUT2D eigenvalue weighted by molar-refractivity contribution is 5.99. The van der Waals surface area contributed by atoms with Gasteiger partial charge < -0.3 is 44.9 Å². The minimum Gasteiger partial charge on any atom is -0.507 e. The summed E-state index contributed by atoms with van der Waals surface area (Å²) < 4.78 is 4.01. The summed E-state index contributed by atoms with van der Waals surface area (Å²) in [7, 11) is 0. The Morgan fingerprint density at radius 3 is 1.76 bits per heavy atom. The molecule has 2 aliphatic heterocycles. The van der Waals surface area contributed by atoms with Gasteiger partial charge >= 0.3 is 5.97 Å². The Labute approximate surface area is 370 Å². The number of fused-ring (bicyclic) bond motifs is 2. The zero-order valence-corrected chi connectivity index (χ0v) is 37.4. The van der Waals surface area contributed by atoms with Gasteiger partial charge in [0.2, 0.25) is 0 Å². The van der Waals surface area contributed by atoms with Crippen molar-refractivity contribution in [3.05, 3.63) is 93.1 Å². The standard InChI is InChI=1S/C24H32N4O3.C19H26O4.C5H8N4/c1-3-4-5-8-18-13-19(29)21(17-9-6-7-16(2)12-17)23(30)22(18)24(31)27-10-11-28-15-25-26-20(28)14-27;1-3-4-5-8-14-11-15(20)16(18(21)17(14)19(22)23)13-9-6-7-12(2)10-13;1-2-9-4-7-8-5(9)3-6-1/h12-13,15,17,29-30H,3-11,14H2,1-2H3;10-11,13,20-21H,3-9H2,1-2H3,(H,22,23);4,6H,1-3H2. The molecule has 4 aromatic rings. The van der Waals surface area contributed by atoms with E-state index in [1.807, 2.05) is 17.6 Å². The largest absolute Gasteiger partial charge is 0.507 e. The second-order valence-corrected chi connectivity index (χ2v) is 17.4. The Kier molecular flexibility index (Phi) is 16.4. The number of aromatic nitrogens is 6. The van der Waals surface area contributed by atoms with Gasteiger partial charge in [-0.3, -0.25) is 4.79 Å². The molecule has 63 heavy (non-hydrogen) atoms. The third-order valence-corrected chi connectivity index (χ3v) is 12.6. The van der Waals surface area contributed by atoms with Gasteiger partial charge in [0.05, 0.1) is 18.7 Å². The fourth-order valence-corrected chi connectivity index (χ4v) is 9.26. The Bertz CT molecular complexity index is 2260. The molecule has 340 valence electrons. The molecule has 2 atom stereocenters. The Hall–Kier alpha value is -5.70. The van der Waals surface area contributed by atoms with Gasteiger partial charge in [0, 0.05) is 49.1 Å². The molecule has 2 unspecified atom stereocenters. The number of phenolic OH excluding ortho intramolecular Hbond substituents is 3. The van der Waals surface area contributed by atoms with E-state index in [1.54, 1.807) is 23.6 Å². The van der Waals surface area contributed by atoms with Crippen molar-refractivity contribution >= 4 is 11.9 Å². The first kappa shape index (κ1) is 46.8. The molecule has 0 saturated carbocycles. The summed E-state index contributed by atoms with van der Waals surface area (Å²) in [5, 5.41) is 71.6. The van der Waals surface area contributed by atoms with Crippen molar-refractivity contribution < 1.29 is 35.1 Å². The number of carboxylic acid groups (broad SMARTS) is 1. The number of hydrogen-bond donors (Lipinski definition) is 6. The summed E-state index contributed by atoms with van der Waals surface area (Å²) in [6.07, 6.45) is 20.4. The van der Waals surface area contributed by atoms with Gasteiger partial charge in [-0.15, -0.1) is 20.4 Å². The predicted molar refractivity (Wildman–Crippen MR) is 240 cm³/mol. The molecule has 0 spiro atoms. The molecule has 0 radical (unpaired) electrons. The zero-order valence-electron chi connectivity index (χ0n) is 37.4. The minimum absolute atomic E-state index is 0.00921. The summed E-state index contributed by atoms with van der Waals surface area (Å²) in [6, 6.07) is 3.24. The van der Waals surface area contributed by atoms with Gasteiger partial charge in [-0.1, -0.05) is 62.8 Å². The summed E-state index contributed by atoms with van der Waals surface area (Å²) >= 11 is 0. The number of nitrogens with zero attached hydrogens (tertiary/aromatic N) is 7. The van der Waals surface area contributed by atoms with E-state index in [0.29, 0.717) is 54.7 Å². The Morgan fingerprint density at radius 2 is 1.24 bits per heavy atom. The highest BCUT2D eigenvalue weighted by Gasteiger charge is 2.32. The molecular weight excluding hydrogens is 801 g/mol. The molecule has 2 aromatic heterocycles. The first-order valence-corrected chi connectivity index (χ1v) is 22.9. The molecule has 4 aliphatic rings. The van der Waals surface area contributed by atoms with Gasteiger partial charge in [0.1, 0.15) is 47.0 Å². The van der Waals surface area contributed by atoms with Gasteiger partial charge in [-0.05, 0) is 101 Å². The van der Waals surface area contributed by atoms with E-state index < -0.39 is 5.97 Å². The summed E-state index contributed by atoms with van der Waals surface area (Å²) in [5.41, 5.74) is 4.85. The normalized spacial score (nSPS) is 18.1. The summed E-state index contributed by atoms with van der Waals surface area (Å²) in [5.74, 6) is 0.0470. The smallest absolute Gasteiger partial charge is 0.339 e. The maximum atomic E-state index is 13.6. The fourth-order valence-electron chi connectivity index (χ4n) is 9.26. The maximum absolute atomic E-state index is 13.6. The lowest BCUT2D eigenvalue weighted by Gasteiger charge is -2.29. The Balaban J connectivity index is 0.000000179. The van der Waals surface area contributed by atoms with Crippen molar-refractivity contribution in [3.8, 4) is 23.0 Å². The number of unbranched alkanes of at least 4 members (excludes halogenated alkanes) is 4. The number of aryl methyl sites for hydroxylation is 2. The van der Waals surface area contributed by atoms with Gasteiger partial charge in [0.15, 0.2) is 5.82 Å². The quantitative estimate of drug-likeness (QED) is 0.0585. The van der Waals surface area contributed by atoms with E-state index in [0.717, 1.165) is 114 Å². The number of benzene rings is 2. The second-order valence-electron chi connectivity index (χ2n) is 17.4. The molecule has 1 amide bonds. The third kappa shape index (κ3) is 11.5. The molecule has 0 bridgehead atoms. The van der Waals surface area contributed by atoms with E-state index in [-0.39, 0.29) is 46.3 Å². The molecular formula is C48H66N8O7. The number of rotatable bonds is 12. The number of aromatic hydroxyl groups is 4. The summed E-state index contributed by atoms with van der Waals surface area (Å²) in [6.45, 7) is 12.7. The first-order valence-electron chi connectivity index (χ1n) is 22.9. The van der Waals surface area contributed by atoms with Crippen LogP contribution in [0.15, 0.2) is 48.1 Å².